The van der Waals surface area contributed by atoms with Crippen LogP contribution in [0.3, 0.4) is 0 Å². The summed E-state index contributed by atoms with van der Waals surface area (Å²) in [5, 5.41) is 12.0. The van der Waals surface area contributed by atoms with Gasteiger partial charge in [0.25, 0.3) is 5.91 Å². The first-order valence-electron chi connectivity index (χ1n) is 7.40. The first kappa shape index (κ1) is 14.9. The number of rotatable bonds is 6. The van der Waals surface area contributed by atoms with E-state index < -0.39 is 0 Å². The van der Waals surface area contributed by atoms with Crippen LogP contribution < -0.4 is 10.1 Å². The number of carbonyl (C=O) groups excluding carboxylic acids is 1. The van der Waals surface area contributed by atoms with Crippen LogP contribution in [0, 0.1) is 0 Å². The zero-order chi connectivity index (χ0) is 14.2. The molecule has 4 heteroatoms. The second-order valence-electron chi connectivity index (χ2n) is 5.27. The van der Waals surface area contributed by atoms with Crippen molar-refractivity contribution in [3.63, 3.8) is 0 Å². The van der Waals surface area contributed by atoms with Crippen LogP contribution in [0.1, 0.15) is 37.7 Å². The lowest BCUT2D eigenvalue weighted by Crippen LogP contribution is -2.39. The topological polar surface area (TPSA) is 58.6 Å². The molecule has 0 unspecified atom stereocenters. The maximum absolute atomic E-state index is 11.9. The highest BCUT2D eigenvalue weighted by atomic mass is 16.5. The quantitative estimate of drug-likeness (QED) is 0.836. The van der Waals surface area contributed by atoms with Gasteiger partial charge < -0.3 is 15.2 Å². The van der Waals surface area contributed by atoms with E-state index in [4.69, 9.17) is 9.84 Å². The number of nitrogens with one attached hydrogen (secondary N) is 1. The summed E-state index contributed by atoms with van der Waals surface area (Å²) in [6.45, 7) is 0.119. The van der Waals surface area contributed by atoms with Gasteiger partial charge in [-0.15, -0.1) is 0 Å². The van der Waals surface area contributed by atoms with Crippen LogP contribution in [0.2, 0.25) is 0 Å². The molecule has 0 radical (unpaired) electrons. The van der Waals surface area contributed by atoms with Crippen LogP contribution in [0.15, 0.2) is 24.3 Å². The minimum absolute atomic E-state index is 0.0406. The number of hydrogen-bond acceptors (Lipinski definition) is 3. The fourth-order valence-corrected chi connectivity index (χ4v) is 2.63. The Morgan fingerprint density at radius 3 is 2.75 bits per heavy atom. The van der Waals surface area contributed by atoms with E-state index in [0.717, 1.165) is 18.4 Å². The highest BCUT2D eigenvalue weighted by molar-refractivity contribution is 5.77. The standard InChI is InChI=1S/C16H23NO3/c18-11-10-13-6-4-5-9-15(13)20-12-16(19)17-14-7-2-1-3-8-14/h4-6,9,14,18H,1-3,7-8,10-12H2,(H,17,19). The minimum atomic E-state index is -0.0595. The molecule has 1 aliphatic carbocycles. The average Bonchev–Trinajstić information content (AvgIpc) is 2.48. The molecule has 20 heavy (non-hydrogen) atoms. The van der Waals surface area contributed by atoms with Gasteiger partial charge in [-0.25, -0.2) is 0 Å². The number of aliphatic hydroxyl groups is 1. The molecular formula is C16H23NO3. The van der Waals surface area contributed by atoms with Crippen molar-refractivity contribution in [2.24, 2.45) is 0 Å². The van der Waals surface area contributed by atoms with Gasteiger partial charge >= 0.3 is 0 Å². The molecule has 0 aliphatic heterocycles. The van der Waals surface area contributed by atoms with Crippen LogP contribution in [0.5, 0.6) is 5.75 Å². The number of para-hydroxylation sites is 1. The highest BCUT2D eigenvalue weighted by Gasteiger charge is 2.16. The summed E-state index contributed by atoms with van der Waals surface area (Å²) in [5.41, 5.74) is 0.931. The SMILES string of the molecule is O=C(COc1ccccc1CCO)NC1CCCCC1. The van der Waals surface area contributed by atoms with Gasteiger partial charge in [0.05, 0.1) is 0 Å². The van der Waals surface area contributed by atoms with Crippen molar-refractivity contribution in [1.82, 2.24) is 5.32 Å². The summed E-state index contributed by atoms with van der Waals surface area (Å²) < 4.78 is 5.57. The predicted octanol–water partition coefficient (Wildman–Crippen LogP) is 2.05. The van der Waals surface area contributed by atoms with Gasteiger partial charge in [0, 0.05) is 12.6 Å². The highest BCUT2D eigenvalue weighted by Crippen LogP contribution is 2.19. The van der Waals surface area contributed by atoms with E-state index in [1.807, 2.05) is 24.3 Å². The number of ether oxygens (including phenoxy) is 1. The van der Waals surface area contributed by atoms with Crippen LogP contribution in [-0.4, -0.2) is 30.3 Å². The molecule has 0 atom stereocenters. The first-order chi connectivity index (χ1) is 9.79. The van der Waals surface area contributed by atoms with Crippen LogP contribution in [-0.2, 0) is 11.2 Å². The van der Waals surface area contributed by atoms with Gasteiger partial charge in [0.1, 0.15) is 5.75 Å². The Hall–Kier alpha value is -1.55. The summed E-state index contributed by atoms with van der Waals surface area (Å²) in [7, 11) is 0. The molecule has 0 heterocycles. The van der Waals surface area contributed by atoms with Crippen molar-refractivity contribution in [2.75, 3.05) is 13.2 Å². The Labute approximate surface area is 120 Å². The molecular weight excluding hydrogens is 254 g/mol. The van der Waals surface area contributed by atoms with Crippen molar-refractivity contribution in [3.8, 4) is 5.75 Å². The van der Waals surface area contributed by atoms with Crippen molar-refractivity contribution in [1.29, 1.82) is 0 Å². The lowest BCUT2D eigenvalue weighted by atomic mass is 9.95. The van der Waals surface area contributed by atoms with Crippen molar-refractivity contribution in [2.45, 2.75) is 44.6 Å². The number of carbonyl (C=O) groups is 1. The Kier molecular flexibility index (Phi) is 5.87. The first-order valence-corrected chi connectivity index (χ1v) is 7.40. The molecule has 0 saturated heterocycles. The fraction of sp³-hybridized carbons (Fsp3) is 0.562. The molecule has 2 N–H and O–H groups in total. The Morgan fingerprint density at radius 1 is 1.25 bits per heavy atom. The van der Waals surface area contributed by atoms with Crippen LogP contribution in [0.25, 0.3) is 0 Å². The molecule has 1 aliphatic rings. The lowest BCUT2D eigenvalue weighted by Gasteiger charge is -2.22. The molecule has 4 nitrogen and oxygen atoms in total. The zero-order valence-electron chi connectivity index (χ0n) is 11.8. The largest absolute Gasteiger partial charge is 0.483 e. The second kappa shape index (κ2) is 7.90. The molecule has 1 fully saturated rings. The molecule has 1 saturated carbocycles. The van der Waals surface area contributed by atoms with Crippen LogP contribution >= 0.6 is 0 Å². The van der Waals surface area contributed by atoms with E-state index in [-0.39, 0.29) is 19.1 Å². The summed E-state index contributed by atoms with van der Waals surface area (Å²) in [6, 6.07) is 7.83. The van der Waals surface area contributed by atoms with E-state index in [1.54, 1.807) is 0 Å². The number of hydrogen-bond donors (Lipinski definition) is 2. The van der Waals surface area contributed by atoms with Gasteiger partial charge in [-0.3, -0.25) is 4.79 Å². The monoisotopic (exact) mass is 277 g/mol. The fourth-order valence-electron chi connectivity index (χ4n) is 2.63. The maximum atomic E-state index is 11.9. The molecule has 2 rings (SSSR count). The Morgan fingerprint density at radius 2 is 2.00 bits per heavy atom. The minimum Gasteiger partial charge on any atom is -0.483 e. The summed E-state index contributed by atoms with van der Waals surface area (Å²) in [6.07, 6.45) is 6.37. The number of amides is 1. The smallest absolute Gasteiger partial charge is 0.258 e. The predicted molar refractivity (Wildman–Crippen MR) is 77.7 cm³/mol. The third-order valence-electron chi connectivity index (χ3n) is 3.68. The Balaban J connectivity index is 1.80. The van der Waals surface area contributed by atoms with E-state index in [1.165, 1.54) is 19.3 Å². The van der Waals surface area contributed by atoms with E-state index in [9.17, 15) is 4.79 Å². The molecule has 1 aromatic carbocycles. The molecule has 110 valence electrons. The second-order valence-corrected chi connectivity index (χ2v) is 5.27. The molecule has 0 aromatic heterocycles. The number of aliphatic hydroxyl groups excluding tert-OH is 1. The van der Waals surface area contributed by atoms with Crippen molar-refractivity contribution in [3.05, 3.63) is 29.8 Å². The third kappa shape index (κ3) is 4.53. The van der Waals surface area contributed by atoms with Gasteiger partial charge in [0.2, 0.25) is 0 Å². The van der Waals surface area contributed by atoms with Gasteiger partial charge in [0.15, 0.2) is 6.61 Å². The molecule has 0 bridgehead atoms. The third-order valence-corrected chi connectivity index (χ3v) is 3.68. The summed E-state index contributed by atoms with van der Waals surface area (Å²) in [4.78, 5) is 11.9. The molecule has 0 spiro atoms. The van der Waals surface area contributed by atoms with Gasteiger partial charge in [-0.1, -0.05) is 37.5 Å². The summed E-state index contributed by atoms with van der Waals surface area (Å²) >= 11 is 0. The zero-order valence-corrected chi connectivity index (χ0v) is 11.8. The van der Waals surface area contributed by atoms with Gasteiger partial charge in [-0.2, -0.15) is 0 Å². The average molecular weight is 277 g/mol. The number of benzene rings is 1. The maximum Gasteiger partial charge on any atom is 0.258 e. The van der Waals surface area contributed by atoms with E-state index in [0.29, 0.717) is 18.2 Å². The van der Waals surface area contributed by atoms with Crippen LogP contribution in [0.4, 0.5) is 0 Å². The molecule has 1 aromatic rings. The van der Waals surface area contributed by atoms with E-state index >= 15 is 0 Å². The summed E-state index contributed by atoms with van der Waals surface area (Å²) in [5.74, 6) is 0.621. The molecule has 1 amide bonds. The van der Waals surface area contributed by atoms with Gasteiger partial charge in [-0.05, 0) is 30.9 Å². The Bertz CT molecular complexity index is 427. The van der Waals surface area contributed by atoms with Crippen molar-refractivity contribution >= 4 is 5.91 Å². The van der Waals surface area contributed by atoms with E-state index in [2.05, 4.69) is 5.32 Å². The lowest BCUT2D eigenvalue weighted by molar-refractivity contribution is -0.124. The van der Waals surface area contributed by atoms with Crippen molar-refractivity contribution < 1.29 is 14.6 Å². The normalized spacial score (nSPS) is 15.8.